The summed E-state index contributed by atoms with van der Waals surface area (Å²) in [7, 11) is 0. The van der Waals surface area contributed by atoms with Gasteiger partial charge in [0.2, 0.25) is 0 Å². The number of carboxylic acids is 1. The van der Waals surface area contributed by atoms with E-state index in [-0.39, 0.29) is 0 Å². The first-order valence-corrected chi connectivity index (χ1v) is 6.92. The fourth-order valence-corrected chi connectivity index (χ4v) is 2.22. The Kier molecular flexibility index (Phi) is 10.6. The molecule has 2 nitrogen and oxygen atoms in total. The highest BCUT2D eigenvalue weighted by molar-refractivity contribution is 5.66. The fraction of sp³-hybridized carbons (Fsp3) is 0.929. The number of hydrogen-bond donors (Lipinski definition) is 1. The molecular formula is C14H28O2. The van der Waals surface area contributed by atoms with Gasteiger partial charge in [-0.3, -0.25) is 4.79 Å². The molecule has 0 radical (unpaired) electrons. The van der Waals surface area contributed by atoms with Crippen molar-refractivity contribution in [3.8, 4) is 0 Å². The van der Waals surface area contributed by atoms with Gasteiger partial charge in [0.25, 0.3) is 0 Å². The fourth-order valence-electron chi connectivity index (χ4n) is 2.22. The van der Waals surface area contributed by atoms with E-state index in [1.165, 1.54) is 38.5 Å². The van der Waals surface area contributed by atoms with Crippen LogP contribution >= 0.6 is 0 Å². The zero-order chi connectivity index (χ0) is 12.2. The zero-order valence-corrected chi connectivity index (χ0v) is 11.0. The van der Waals surface area contributed by atoms with Crippen LogP contribution in [0.2, 0.25) is 0 Å². The quantitative estimate of drug-likeness (QED) is 0.523. The van der Waals surface area contributed by atoms with Crippen LogP contribution in [-0.4, -0.2) is 11.1 Å². The summed E-state index contributed by atoms with van der Waals surface area (Å²) in [5.41, 5.74) is 0. The van der Waals surface area contributed by atoms with E-state index in [1.807, 2.05) is 0 Å². The standard InChI is InChI=1S/C14H28O2/c1-3-5-6-7-8-9-11-13(10-4-2)12-14(15)16/h13H,3-12H2,1-2H3,(H,15,16). The molecule has 96 valence electrons. The molecule has 0 bridgehead atoms. The van der Waals surface area contributed by atoms with Crippen LogP contribution in [0.25, 0.3) is 0 Å². The number of aliphatic carboxylic acids is 1. The predicted molar refractivity (Wildman–Crippen MR) is 68.6 cm³/mol. The third-order valence-corrected chi connectivity index (χ3v) is 3.13. The van der Waals surface area contributed by atoms with Crippen LogP contribution in [-0.2, 0) is 4.79 Å². The molecule has 1 unspecified atom stereocenters. The number of rotatable bonds is 11. The molecule has 1 N–H and O–H groups in total. The molecule has 0 spiro atoms. The molecule has 0 aliphatic carbocycles. The van der Waals surface area contributed by atoms with E-state index < -0.39 is 5.97 Å². The Hall–Kier alpha value is -0.530. The van der Waals surface area contributed by atoms with Gasteiger partial charge < -0.3 is 5.11 Å². The van der Waals surface area contributed by atoms with Gasteiger partial charge in [0.05, 0.1) is 0 Å². The smallest absolute Gasteiger partial charge is 0.303 e. The van der Waals surface area contributed by atoms with Crippen molar-refractivity contribution in [3.05, 3.63) is 0 Å². The molecule has 0 aromatic carbocycles. The lowest BCUT2D eigenvalue weighted by Gasteiger charge is -2.13. The van der Waals surface area contributed by atoms with Crippen molar-refractivity contribution in [2.45, 2.75) is 78.1 Å². The largest absolute Gasteiger partial charge is 0.481 e. The van der Waals surface area contributed by atoms with E-state index in [9.17, 15) is 4.79 Å². The summed E-state index contributed by atoms with van der Waals surface area (Å²) in [5.74, 6) is -0.224. The van der Waals surface area contributed by atoms with Gasteiger partial charge in [-0.05, 0) is 12.3 Å². The third kappa shape index (κ3) is 10.0. The maximum atomic E-state index is 10.7. The van der Waals surface area contributed by atoms with Crippen LogP contribution in [0, 0.1) is 5.92 Å². The lowest BCUT2D eigenvalue weighted by molar-refractivity contribution is -0.138. The van der Waals surface area contributed by atoms with E-state index in [2.05, 4.69) is 13.8 Å². The number of hydrogen-bond acceptors (Lipinski definition) is 1. The number of carboxylic acid groups (broad SMARTS) is 1. The Morgan fingerprint density at radius 3 is 2.12 bits per heavy atom. The molecular weight excluding hydrogens is 200 g/mol. The zero-order valence-electron chi connectivity index (χ0n) is 11.0. The van der Waals surface area contributed by atoms with E-state index >= 15 is 0 Å². The first kappa shape index (κ1) is 15.5. The van der Waals surface area contributed by atoms with Crippen LogP contribution in [0.15, 0.2) is 0 Å². The molecule has 0 aliphatic heterocycles. The molecule has 0 saturated heterocycles. The van der Waals surface area contributed by atoms with E-state index in [0.29, 0.717) is 12.3 Å². The summed E-state index contributed by atoms with van der Waals surface area (Å²) in [4.78, 5) is 10.7. The second kappa shape index (κ2) is 11.0. The molecule has 0 rings (SSSR count). The predicted octanol–water partition coefficient (Wildman–Crippen LogP) is 4.63. The van der Waals surface area contributed by atoms with Crippen LogP contribution in [0.4, 0.5) is 0 Å². The Morgan fingerprint density at radius 1 is 0.938 bits per heavy atom. The highest BCUT2D eigenvalue weighted by Crippen LogP contribution is 2.19. The topological polar surface area (TPSA) is 37.3 Å². The molecule has 0 heterocycles. The molecule has 0 saturated carbocycles. The van der Waals surface area contributed by atoms with Gasteiger partial charge in [0.15, 0.2) is 0 Å². The van der Waals surface area contributed by atoms with Gasteiger partial charge >= 0.3 is 5.97 Å². The summed E-state index contributed by atoms with van der Waals surface area (Å²) in [6, 6.07) is 0. The number of unbranched alkanes of at least 4 members (excludes halogenated alkanes) is 5. The first-order valence-electron chi connectivity index (χ1n) is 6.92. The average molecular weight is 228 g/mol. The van der Waals surface area contributed by atoms with Crippen molar-refractivity contribution in [1.29, 1.82) is 0 Å². The number of carbonyl (C=O) groups is 1. The summed E-state index contributed by atoms with van der Waals surface area (Å²) in [6.45, 7) is 4.36. The van der Waals surface area contributed by atoms with Gasteiger partial charge in [0, 0.05) is 6.42 Å². The Morgan fingerprint density at radius 2 is 1.56 bits per heavy atom. The van der Waals surface area contributed by atoms with Crippen molar-refractivity contribution < 1.29 is 9.90 Å². The van der Waals surface area contributed by atoms with Crippen LogP contribution in [0.5, 0.6) is 0 Å². The molecule has 1 atom stereocenters. The second-order valence-electron chi connectivity index (χ2n) is 4.81. The minimum atomic E-state index is -0.635. The summed E-state index contributed by atoms with van der Waals surface area (Å²) < 4.78 is 0. The SMILES string of the molecule is CCCCCCCCC(CCC)CC(=O)O. The van der Waals surface area contributed by atoms with Crippen molar-refractivity contribution in [2.75, 3.05) is 0 Å². The van der Waals surface area contributed by atoms with Crippen LogP contribution < -0.4 is 0 Å². The van der Waals surface area contributed by atoms with Gasteiger partial charge in [0.1, 0.15) is 0 Å². The summed E-state index contributed by atoms with van der Waals surface area (Å²) in [6.07, 6.45) is 11.4. The normalized spacial score (nSPS) is 12.6. The Labute approximate surface area is 100 Å². The monoisotopic (exact) mass is 228 g/mol. The van der Waals surface area contributed by atoms with Gasteiger partial charge in [-0.15, -0.1) is 0 Å². The summed E-state index contributed by atoms with van der Waals surface area (Å²) >= 11 is 0. The van der Waals surface area contributed by atoms with Crippen molar-refractivity contribution in [1.82, 2.24) is 0 Å². The lowest BCUT2D eigenvalue weighted by atomic mass is 9.93. The molecule has 0 fully saturated rings. The summed E-state index contributed by atoms with van der Waals surface area (Å²) in [5, 5.41) is 8.78. The van der Waals surface area contributed by atoms with Crippen LogP contribution in [0.1, 0.15) is 78.1 Å². The Balaban J connectivity index is 3.47. The maximum absolute atomic E-state index is 10.7. The minimum Gasteiger partial charge on any atom is -0.481 e. The Bertz CT molecular complexity index is 166. The molecule has 2 heteroatoms. The molecule has 0 aromatic rings. The van der Waals surface area contributed by atoms with Gasteiger partial charge in [-0.1, -0.05) is 65.2 Å². The molecule has 0 aliphatic rings. The third-order valence-electron chi connectivity index (χ3n) is 3.13. The average Bonchev–Trinajstić information content (AvgIpc) is 2.22. The molecule has 0 amide bonds. The second-order valence-corrected chi connectivity index (χ2v) is 4.81. The highest BCUT2D eigenvalue weighted by Gasteiger charge is 2.11. The van der Waals surface area contributed by atoms with Crippen molar-refractivity contribution >= 4 is 5.97 Å². The maximum Gasteiger partial charge on any atom is 0.303 e. The van der Waals surface area contributed by atoms with Gasteiger partial charge in [-0.2, -0.15) is 0 Å². The lowest BCUT2D eigenvalue weighted by Crippen LogP contribution is -2.07. The van der Waals surface area contributed by atoms with Crippen molar-refractivity contribution in [2.24, 2.45) is 5.92 Å². The molecule has 16 heavy (non-hydrogen) atoms. The van der Waals surface area contributed by atoms with Crippen molar-refractivity contribution in [3.63, 3.8) is 0 Å². The first-order chi connectivity index (χ1) is 7.70. The van der Waals surface area contributed by atoms with Gasteiger partial charge in [-0.25, -0.2) is 0 Å². The van der Waals surface area contributed by atoms with E-state index in [4.69, 9.17) is 5.11 Å². The highest BCUT2D eigenvalue weighted by atomic mass is 16.4. The minimum absolute atomic E-state index is 0.364. The van der Waals surface area contributed by atoms with E-state index in [0.717, 1.165) is 19.3 Å². The molecule has 0 aromatic heterocycles. The van der Waals surface area contributed by atoms with E-state index in [1.54, 1.807) is 0 Å². The van der Waals surface area contributed by atoms with Crippen LogP contribution in [0.3, 0.4) is 0 Å².